The molecule has 0 saturated heterocycles. The summed E-state index contributed by atoms with van der Waals surface area (Å²) < 4.78 is 0. The second-order valence-electron chi connectivity index (χ2n) is 16.0. The Bertz CT molecular complexity index is 942. The van der Waals surface area contributed by atoms with Crippen LogP contribution in [0.15, 0.2) is 0 Å². The van der Waals surface area contributed by atoms with Crippen molar-refractivity contribution in [2.24, 2.45) is 57.7 Å². The Hall–Kier alpha value is -1.65. The molecule has 2 aliphatic rings. The van der Waals surface area contributed by atoms with Crippen molar-refractivity contribution in [2.45, 2.75) is 128 Å². The van der Waals surface area contributed by atoms with Crippen LogP contribution in [-0.4, -0.2) is 28.9 Å². The number of rotatable bonds is 13. The highest BCUT2D eigenvalue weighted by molar-refractivity contribution is 6.38. The molecule has 0 heterocycles. The van der Waals surface area contributed by atoms with Crippen LogP contribution in [0.4, 0.5) is 0 Å². The molecule has 6 atom stereocenters. The maximum atomic E-state index is 14.3. The highest BCUT2D eigenvalue weighted by atomic mass is 16.2. The van der Waals surface area contributed by atoms with Gasteiger partial charge in [0, 0.05) is 49.4 Å². The smallest absolute Gasteiger partial charge is 0.204 e. The van der Waals surface area contributed by atoms with Gasteiger partial charge in [-0.1, -0.05) is 88.5 Å². The van der Waals surface area contributed by atoms with E-state index in [-0.39, 0.29) is 47.4 Å². The lowest BCUT2D eigenvalue weighted by Gasteiger charge is -2.37. The lowest BCUT2D eigenvalue weighted by molar-refractivity contribution is -0.146. The number of hydrogen-bond donors (Lipinski definition) is 0. The van der Waals surface area contributed by atoms with Crippen LogP contribution in [0, 0.1) is 57.7 Å². The SMILES string of the molecule is CC(=O)C(=O)C(C)(CC(=O)C1C(C(=O)C(CC(=O)CC(C)(C)C)C(C)(C)C)CC(C(C)C)C1C)CC1CCC1. The van der Waals surface area contributed by atoms with Crippen LogP contribution in [0.5, 0.6) is 0 Å². The van der Waals surface area contributed by atoms with E-state index in [4.69, 9.17) is 0 Å². The van der Waals surface area contributed by atoms with Gasteiger partial charge >= 0.3 is 0 Å². The Morgan fingerprint density at radius 2 is 1.44 bits per heavy atom. The zero-order chi connectivity index (χ0) is 30.1. The van der Waals surface area contributed by atoms with E-state index in [9.17, 15) is 24.0 Å². The normalized spacial score (nSPS) is 26.6. The van der Waals surface area contributed by atoms with Gasteiger partial charge in [-0.2, -0.15) is 0 Å². The third kappa shape index (κ3) is 8.43. The Kier molecular flexibility index (Phi) is 10.7. The van der Waals surface area contributed by atoms with Crippen molar-refractivity contribution in [1.82, 2.24) is 0 Å². The molecule has 0 spiro atoms. The maximum absolute atomic E-state index is 14.3. The van der Waals surface area contributed by atoms with Gasteiger partial charge in [-0.15, -0.1) is 0 Å². The van der Waals surface area contributed by atoms with Gasteiger partial charge in [0.1, 0.15) is 17.3 Å². The summed E-state index contributed by atoms with van der Waals surface area (Å²) in [6.07, 6.45) is 4.98. The van der Waals surface area contributed by atoms with Crippen LogP contribution in [0.25, 0.3) is 0 Å². The topological polar surface area (TPSA) is 85.3 Å². The third-order valence-electron chi connectivity index (χ3n) is 9.74. The van der Waals surface area contributed by atoms with Crippen LogP contribution in [0.2, 0.25) is 0 Å². The first-order chi connectivity index (χ1) is 17.7. The van der Waals surface area contributed by atoms with E-state index in [1.54, 1.807) is 6.92 Å². The van der Waals surface area contributed by atoms with Crippen LogP contribution in [0.1, 0.15) is 128 Å². The molecule has 222 valence electrons. The number of ketones is 5. The van der Waals surface area contributed by atoms with Crippen LogP contribution in [-0.2, 0) is 24.0 Å². The predicted octanol–water partition coefficient (Wildman–Crippen LogP) is 7.47. The Morgan fingerprint density at radius 3 is 1.85 bits per heavy atom. The van der Waals surface area contributed by atoms with E-state index < -0.39 is 40.2 Å². The molecule has 0 bridgehead atoms. The number of Topliss-reactive ketones (excluding diaryl/α,β-unsaturated/α-hetero) is 5. The van der Waals surface area contributed by atoms with Gasteiger partial charge < -0.3 is 0 Å². The Labute approximate surface area is 238 Å². The van der Waals surface area contributed by atoms with E-state index in [1.807, 2.05) is 41.5 Å². The first-order valence-electron chi connectivity index (χ1n) is 15.3. The zero-order valence-corrected chi connectivity index (χ0v) is 26.7. The lowest BCUT2D eigenvalue weighted by atomic mass is 9.65. The van der Waals surface area contributed by atoms with Crippen molar-refractivity contribution in [1.29, 1.82) is 0 Å². The molecule has 5 nitrogen and oxygen atoms in total. The van der Waals surface area contributed by atoms with Crippen molar-refractivity contribution >= 4 is 28.9 Å². The van der Waals surface area contributed by atoms with Gasteiger partial charge in [0.15, 0.2) is 5.78 Å². The lowest BCUT2D eigenvalue weighted by Crippen LogP contribution is -2.42. The minimum Gasteiger partial charge on any atom is -0.300 e. The molecule has 0 aromatic heterocycles. The summed E-state index contributed by atoms with van der Waals surface area (Å²) in [6, 6.07) is 0. The zero-order valence-electron chi connectivity index (χ0n) is 26.7. The predicted molar refractivity (Wildman–Crippen MR) is 156 cm³/mol. The monoisotopic (exact) mass is 544 g/mol. The number of hydrogen-bond acceptors (Lipinski definition) is 5. The molecule has 0 aromatic rings. The number of carbonyl (C=O) groups is 5. The maximum Gasteiger partial charge on any atom is 0.204 e. The molecule has 0 N–H and O–H groups in total. The van der Waals surface area contributed by atoms with Crippen LogP contribution in [0.3, 0.4) is 0 Å². The average Bonchev–Trinajstić information content (AvgIpc) is 3.09. The fourth-order valence-electron chi connectivity index (χ4n) is 7.47. The van der Waals surface area contributed by atoms with E-state index in [1.165, 1.54) is 6.92 Å². The molecule has 5 heteroatoms. The molecule has 2 rings (SSSR count). The standard InChI is InChI=1S/C34H56O5/c1-20(2)25-16-26(30(38)27(33(8,9)10)15-24(36)18-32(5,6)7)29(21(25)3)28(37)19-34(11,31(39)22(4)35)17-23-13-12-14-23/h20-21,23,25-27,29H,12-19H2,1-11H3. The average molecular weight is 545 g/mol. The first kappa shape index (κ1) is 33.6. The van der Waals surface area contributed by atoms with E-state index in [0.29, 0.717) is 31.1 Å². The highest BCUT2D eigenvalue weighted by Gasteiger charge is 2.52. The summed E-state index contributed by atoms with van der Waals surface area (Å²) in [5.41, 5.74) is -1.59. The molecule has 2 saturated carbocycles. The minimum atomic E-state index is -1.02. The van der Waals surface area contributed by atoms with E-state index in [2.05, 4.69) is 20.8 Å². The molecule has 6 unspecified atom stereocenters. The Balaban J connectivity index is 2.42. The summed E-state index contributed by atoms with van der Waals surface area (Å²) in [5, 5.41) is 0. The summed E-state index contributed by atoms with van der Waals surface area (Å²) in [7, 11) is 0. The molecule has 39 heavy (non-hydrogen) atoms. The second kappa shape index (κ2) is 12.5. The fourth-order valence-corrected chi connectivity index (χ4v) is 7.47. The van der Waals surface area contributed by atoms with Crippen molar-refractivity contribution in [3.63, 3.8) is 0 Å². The molecule has 0 radical (unpaired) electrons. The first-order valence-corrected chi connectivity index (χ1v) is 15.3. The fraction of sp³-hybridized carbons (Fsp3) is 0.853. The van der Waals surface area contributed by atoms with Gasteiger partial charge in [0.2, 0.25) is 5.78 Å². The van der Waals surface area contributed by atoms with Gasteiger partial charge in [-0.05, 0) is 47.3 Å². The quantitative estimate of drug-likeness (QED) is 0.224. The molecule has 2 fully saturated rings. The second-order valence-corrected chi connectivity index (χ2v) is 16.0. The van der Waals surface area contributed by atoms with Crippen molar-refractivity contribution < 1.29 is 24.0 Å². The van der Waals surface area contributed by atoms with Crippen molar-refractivity contribution in [3.8, 4) is 0 Å². The van der Waals surface area contributed by atoms with Crippen molar-refractivity contribution in [2.75, 3.05) is 0 Å². The van der Waals surface area contributed by atoms with E-state index >= 15 is 0 Å². The van der Waals surface area contributed by atoms with E-state index in [0.717, 1.165) is 19.3 Å². The van der Waals surface area contributed by atoms with Crippen LogP contribution >= 0.6 is 0 Å². The summed E-state index contributed by atoms with van der Waals surface area (Å²) >= 11 is 0. The Morgan fingerprint density at radius 1 is 0.872 bits per heavy atom. The van der Waals surface area contributed by atoms with Gasteiger partial charge in [-0.3, -0.25) is 24.0 Å². The molecule has 0 aromatic carbocycles. The van der Waals surface area contributed by atoms with Gasteiger partial charge in [0.25, 0.3) is 0 Å². The molecule has 0 amide bonds. The molecular weight excluding hydrogens is 488 g/mol. The molecular formula is C34H56O5. The largest absolute Gasteiger partial charge is 0.300 e. The summed E-state index contributed by atoms with van der Waals surface area (Å²) in [6.45, 7) is 21.6. The van der Waals surface area contributed by atoms with Gasteiger partial charge in [0.05, 0.1) is 0 Å². The summed E-state index contributed by atoms with van der Waals surface area (Å²) in [4.78, 5) is 66.9. The molecule has 2 aliphatic carbocycles. The molecule has 0 aliphatic heterocycles. The number of carbonyl (C=O) groups excluding carboxylic acids is 5. The summed E-state index contributed by atoms with van der Waals surface area (Å²) in [5.74, 6) is -1.45. The van der Waals surface area contributed by atoms with Crippen LogP contribution < -0.4 is 0 Å². The highest BCUT2D eigenvalue weighted by Crippen LogP contribution is 2.50. The van der Waals surface area contributed by atoms with Crippen molar-refractivity contribution in [3.05, 3.63) is 0 Å². The minimum absolute atomic E-state index is 0.00210. The van der Waals surface area contributed by atoms with Gasteiger partial charge in [-0.25, -0.2) is 0 Å². The third-order valence-corrected chi connectivity index (χ3v) is 9.74.